The number of hydrogen-bond donors (Lipinski definition) is 1. The second kappa shape index (κ2) is 5.67. The topological polar surface area (TPSA) is 52.9 Å². The number of hydrogen-bond acceptors (Lipinski definition) is 2. The number of rotatable bonds is 3. The third-order valence-electron chi connectivity index (χ3n) is 4.11. The fourth-order valence-corrected chi connectivity index (χ4v) is 2.95. The van der Waals surface area contributed by atoms with Crippen LogP contribution >= 0.6 is 0 Å². The number of pyridine rings is 1. The molecule has 1 aliphatic rings. The Morgan fingerprint density at radius 3 is 2.95 bits per heavy atom. The third kappa shape index (κ3) is 2.70. The van der Waals surface area contributed by atoms with Crippen LogP contribution in [0.5, 0.6) is 0 Å². The second-order valence-corrected chi connectivity index (χ2v) is 5.56. The highest BCUT2D eigenvalue weighted by molar-refractivity contribution is 5.28. The third-order valence-corrected chi connectivity index (χ3v) is 4.11. The molecule has 2 aromatic heterocycles. The van der Waals surface area contributed by atoms with Gasteiger partial charge < -0.3 is 14.9 Å². The molecule has 106 valence electrons. The lowest BCUT2D eigenvalue weighted by Crippen LogP contribution is -2.20. The fraction of sp³-hybridized carbons (Fsp3) is 0.438. The molecule has 4 nitrogen and oxygen atoms in total. The van der Waals surface area contributed by atoms with Gasteiger partial charge in [-0.05, 0) is 36.5 Å². The van der Waals surface area contributed by atoms with E-state index in [1.807, 2.05) is 12.3 Å². The van der Waals surface area contributed by atoms with E-state index in [1.165, 1.54) is 24.0 Å². The quantitative estimate of drug-likeness (QED) is 0.869. The fourth-order valence-electron chi connectivity index (χ4n) is 2.95. The van der Waals surface area contributed by atoms with Crippen LogP contribution in [0.25, 0.3) is 0 Å². The number of aryl methyl sites for hydroxylation is 3. The van der Waals surface area contributed by atoms with Crippen LogP contribution in [0.1, 0.15) is 36.4 Å². The molecule has 3 rings (SSSR count). The summed E-state index contributed by atoms with van der Waals surface area (Å²) >= 11 is 0. The van der Waals surface area contributed by atoms with Gasteiger partial charge in [-0.25, -0.2) is 0 Å². The molecule has 0 amide bonds. The van der Waals surface area contributed by atoms with E-state index in [0.717, 1.165) is 19.4 Å². The smallest absolute Gasteiger partial charge is 0.250 e. The summed E-state index contributed by atoms with van der Waals surface area (Å²) in [5.74, 6) is 0. The zero-order valence-electron chi connectivity index (χ0n) is 11.7. The minimum absolute atomic E-state index is 0.0536. The molecular weight excluding hydrogens is 250 g/mol. The van der Waals surface area contributed by atoms with Crippen LogP contribution in [0, 0.1) is 0 Å². The average Bonchev–Trinajstić information content (AvgIpc) is 2.78. The van der Waals surface area contributed by atoms with Gasteiger partial charge in [0.1, 0.15) is 0 Å². The van der Waals surface area contributed by atoms with Crippen molar-refractivity contribution in [3.63, 3.8) is 0 Å². The number of nitrogens with two attached hydrogens (primary N) is 1. The van der Waals surface area contributed by atoms with Crippen molar-refractivity contribution in [3.8, 4) is 0 Å². The molecule has 2 heterocycles. The van der Waals surface area contributed by atoms with Crippen molar-refractivity contribution < 1.29 is 0 Å². The van der Waals surface area contributed by atoms with Crippen molar-refractivity contribution in [2.75, 3.05) is 0 Å². The van der Waals surface area contributed by atoms with E-state index in [4.69, 9.17) is 5.73 Å². The SMILES string of the molecule is NC1CCCCc2cn(CCn3ccccc3=O)cc21. The summed E-state index contributed by atoms with van der Waals surface area (Å²) in [4.78, 5) is 11.7. The van der Waals surface area contributed by atoms with E-state index in [2.05, 4.69) is 17.0 Å². The Hall–Kier alpha value is -1.81. The van der Waals surface area contributed by atoms with E-state index in [-0.39, 0.29) is 11.6 Å². The summed E-state index contributed by atoms with van der Waals surface area (Å²) in [5, 5.41) is 0. The molecule has 0 radical (unpaired) electrons. The molecule has 2 N–H and O–H groups in total. The highest BCUT2D eigenvalue weighted by atomic mass is 16.1. The molecule has 1 unspecified atom stereocenters. The molecule has 0 spiro atoms. The first-order chi connectivity index (χ1) is 9.74. The molecule has 1 atom stereocenters. The maximum atomic E-state index is 11.7. The Labute approximate surface area is 118 Å². The van der Waals surface area contributed by atoms with Gasteiger partial charge in [0.25, 0.3) is 5.56 Å². The standard InChI is InChI=1S/C16H21N3O/c17-15-6-2-1-5-13-11-18(12-14(13)15)9-10-19-8-4-3-7-16(19)20/h3-4,7-8,11-12,15H,1-2,5-6,9-10,17H2. The number of nitrogens with zero attached hydrogens (tertiary/aromatic N) is 2. The molecule has 0 fully saturated rings. The zero-order chi connectivity index (χ0) is 13.9. The Balaban J connectivity index is 1.74. The summed E-state index contributed by atoms with van der Waals surface area (Å²) < 4.78 is 3.92. The van der Waals surface area contributed by atoms with Crippen LogP contribution in [0.3, 0.4) is 0 Å². The molecule has 0 saturated carbocycles. The van der Waals surface area contributed by atoms with E-state index < -0.39 is 0 Å². The largest absolute Gasteiger partial charge is 0.352 e. The van der Waals surface area contributed by atoms with Crippen molar-refractivity contribution >= 4 is 0 Å². The Kier molecular flexibility index (Phi) is 3.74. The predicted molar refractivity (Wildman–Crippen MR) is 79.6 cm³/mol. The molecule has 0 aromatic carbocycles. The van der Waals surface area contributed by atoms with Gasteiger partial charge in [-0.3, -0.25) is 4.79 Å². The van der Waals surface area contributed by atoms with E-state index in [9.17, 15) is 4.79 Å². The molecule has 2 aromatic rings. The number of aromatic nitrogens is 2. The van der Waals surface area contributed by atoms with Gasteiger partial charge in [-0.2, -0.15) is 0 Å². The molecule has 1 aliphatic carbocycles. The molecule has 20 heavy (non-hydrogen) atoms. The van der Waals surface area contributed by atoms with Gasteiger partial charge >= 0.3 is 0 Å². The molecule has 4 heteroatoms. The van der Waals surface area contributed by atoms with Crippen molar-refractivity contribution in [2.45, 2.75) is 44.8 Å². The molecule has 0 bridgehead atoms. The first-order valence-corrected chi connectivity index (χ1v) is 7.33. The molecular formula is C16H21N3O. The summed E-state index contributed by atoms with van der Waals surface area (Å²) in [6.45, 7) is 1.51. The lowest BCUT2D eigenvalue weighted by molar-refractivity contribution is 0.559. The second-order valence-electron chi connectivity index (χ2n) is 5.56. The van der Waals surface area contributed by atoms with Crippen LogP contribution in [0.15, 0.2) is 41.6 Å². The summed E-state index contributed by atoms with van der Waals surface area (Å²) in [7, 11) is 0. The van der Waals surface area contributed by atoms with Crippen molar-refractivity contribution in [1.29, 1.82) is 0 Å². The maximum absolute atomic E-state index is 11.7. The number of fused-ring (bicyclic) bond motifs is 1. The van der Waals surface area contributed by atoms with Crippen LogP contribution in [0.4, 0.5) is 0 Å². The Morgan fingerprint density at radius 2 is 2.10 bits per heavy atom. The highest BCUT2D eigenvalue weighted by Gasteiger charge is 2.17. The van der Waals surface area contributed by atoms with Gasteiger partial charge in [0.2, 0.25) is 0 Å². The minimum Gasteiger partial charge on any atom is -0.352 e. The first-order valence-electron chi connectivity index (χ1n) is 7.33. The zero-order valence-corrected chi connectivity index (χ0v) is 11.7. The van der Waals surface area contributed by atoms with Gasteiger partial charge in [-0.1, -0.05) is 12.5 Å². The first kappa shape index (κ1) is 13.2. The Morgan fingerprint density at radius 1 is 1.20 bits per heavy atom. The van der Waals surface area contributed by atoms with Crippen LogP contribution in [0.2, 0.25) is 0 Å². The lowest BCUT2D eigenvalue weighted by Gasteiger charge is -2.08. The van der Waals surface area contributed by atoms with E-state index in [0.29, 0.717) is 6.54 Å². The van der Waals surface area contributed by atoms with Crippen molar-refractivity contribution in [1.82, 2.24) is 9.13 Å². The normalized spacial score (nSPS) is 18.6. The average molecular weight is 271 g/mol. The maximum Gasteiger partial charge on any atom is 0.250 e. The molecule has 0 saturated heterocycles. The van der Waals surface area contributed by atoms with Gasteiger partial charge in [0.15, 0.2) is 0 Å². The van der Waals surface area contributed by atoms with Crippen molar-refractivity contribution in [2.24, 2.45) is 5.73 Å². The lowest BCUT2D eigenvalue weighted by atomic mass is 10.1. The van der Waals surface area contributed by atoms with Gasteiger partial charge in [0, 0.05) is 43.8 Å². The summed E-state index contributed by atoms with van der Waals surface area (Å²) in [6, 6.07) is 5.44. The van der Waals surface area contributed by atoms with Crippen LogP contribution in [-0.2, 0) is 19.5 Å². The van der Waals surface area contributed by atoms with E-state index >= 15 is 0 Å². The minimum atomic E-state index is 0.0536. The predicted octanol–water partition coefficient (Wildman–Crippen LogP) is 2.08. The van der Waals surface area contributed by atoms with E-state index in [1.54, 1.807) is 16.7 Å². The monoisotopic (exact) mass is 271 g/mol. The van der Waals surface area contributed by atoms with Crippen LogP contribution in [-0.4, -0.2) is 9.13 Å². The van der Waals surface area contributed by atoms with Crippen LogP contribution < -0.4 is 11.3 Å². The van der Waals surface area contributed by atoms with Gasteiger partial charge in [0.05, 0.1) is 0 Å². The Bertz CT molecular complexity index is 641. The summed E-state index contributed by atoms with van der Waals surface area (Å²) in [5.41, 5.74) is 8.96. The highest BCUT2D eigenvalue weighted by Crippen LogP contribution is 2.27. The van der Waals surface area contributed by atoms with Gasteiger partial charge in [-0.15, -0.1) is 0 Å². The summed E-state index contributed by atoms with van der Waals surface area (Å²) in [6.07, 6.45) is 10.9. The van der Waals surface area contributed by atoms with Crippen molar-refractivity contribution in [3.05, 3.63) is 58.3 Å². The molecule has 0 aliphatic heterocycles.